The van der Waals surface area contributed by atoms with Gasteiger partial charge < -0.3 is 28.6 Å². The number of hydrogen-bond donors (Lipinski definition) is 1. The van der Waals surface area contributed by atoms with Gasteiger partial charge >= 0.3 is 5.97 Å². The molecular formula is C31H34Cl2N2O6. The Morgan fingerprint density at radius 2 is 1.78 bits per heavy atom. The maximum atomic E-state index is 11.1. The van der Waals surface area contributed by atoms with Gasteiger partial charge in [0, 0.05) is 49.9 Å². The summed E-state index contributed by atoms with van der Waals surface area (Å²) in [4.78, 5) is 15.9. The number of ether oxygens (including phenoxy) is 4. The van der Waals surface area contributed by atoms with Gasteiger partial charge in [0.05, 0.1) is 30.9 Å². The smallest absolute Gasteiger partial charge is 0.303 e. The van der Waals surface area contributed by atoms with Crippen LogP contribution in [0, 0.1) is 0 Å². The zero-order valence-electron chi connectivity index (χ0n) is 22.9. The fraction of sp³-hybridized carbons (Fsp3) is 0.355. The number of aromatic nitrogens is 2. The first kappa shape index (κ1) is 30.5. The molecule has 2 heterocycles. The third-order valence-electron chi connectivity index (χ3n) is 6.96. The maximum absolute atomic E-state index is 11.1. The lowest BCUT2D eigenvalue weighted by Crippen LogP contribution is -2.25. The van der Waals surface area contributed by atoms with Crippen LogP contribution in [0.2, 0.25) is 5.02 Å². The zero-order chi connectivity index (χ0) is 27.9. The quantitative estimate of drug-likeness (QED) is 0.200. The lowest BCUT2D eigenvalue weighted by Gasteiger charge is -2.23. The van der Waals surface area contributed by atoms with Crippen LogP contribution in [0.1, 0.15) is 36.2 Å². The SMILES string of the molecule is Cl.Cn1c(CCOc2ccc(CCC(=O)O)c(OCc3ccc(Cl)cc3)c2)nc2ccc(OC3CCOCC3)cc21. The molecule has 0 aliphatic carbocycles. The summed E-state index contributed by atoms with van der Waals surface area (Å²) in [6.45, 7) is 2.24. The molecule has 8 nitrogen and oxygen atoms in total. The van der Waals surface area contributed by atoms with Crippen LogP contribution in [0.25, 0.3) is 11.0 Å². The predicted octanol–water partition coefficient (Wildman–Crippen LogP) is 6.42. The second-order valence-corrected chi connectivity index (χ2v) is 10.3. The first-order valence-corrected chi connectivity index (χ1v) is 13.9. The molecule has 0 amide bonds. The number of nitrogens with zero attached hydrogens (tertiary/aromatic N) is 2. The van der Waals surface area contributed by atoms with Crippen molar-refractivity contribution in [2.45, 2.75) is 44.8 Å². The molecule has 0 saturated carbocycles. The Morgan fingerprint density at radius 3 is 2.54 bits per heavy atom. The monoisotopic (exact) mass is 600 g/mol. The molecule has 218 valence electrons. The normalized spacial score (nSPS) is 13.5. The summed E-state index contributed by atoms with van der Waals surface area (Å²) in [5.74, 6) is 2.16. The number of carboxylic acid groups (broad SMARTS) is 1. The molecule has 0 spiro atoms. The van der Waals surface area contributed by atoms with Crippen molar-refractivity contribution in [3.05, 3.63) is 82.6 Å². The van der Waals surface area contributed by atoms with Crippen molar-refractivity contribution in [2.75, 3.05) is 19.8 Å². The van der Waals surface area contributed by atoms with E-state index in [0.717, 1.165) is 59.8 Å². The Balaban J connectivity index is 0.00000387. The fourth-order valence-corrected chi connectivity index (χ4v) is 4.84. The van der Waals surface area contributed by atoms with Gasteiger partial charge in [-0.1, -0.05) is 29.8 Å². The Hall–Kier alpha value is -3.46. The second-order valence-electron chi connectivity index (χ2n) is 9.84. The lowest BCUT2D eigenvalue weighted by atomic mass is 10.1. The minimum Gasteiger partial charge on any atom is -0.493 e. The number of rotatable bonds is 12. The summed E-state index contributed by atoms with van der Waals surface area (Å²) in [5, 5.41) is 9.80. The van der Waals surface area contributed by atoms with Crippen molar-refractivity contribution < 1.29 is 28.8 Å². The van der Waals surface area contributed by atoms with E-state index in [0.29, 0.717) is 42.6 Å². The van der Waals surface area contributed by atoms with Crippen molar-refractivity contribution in [1.29, 1.82) is 0 Å². The van der Waals surface area contributed by atoms with Gasteiger partial charge in [-0.2, -0.15) is 0 Å². The van der Waals surface area contributed by atoms with E-state index >= 15 is 0 Å². The van der Waals surface area contributed by atoms with Gasteiger partial charge in [0.1, 0.15) is 35.8 Å². The predicted molar refractivity (Wildman–Crippen MR) is 160 cm³/mol. The second kappa shape index (κ2) is 14.4. The highest BCUT2D eigenvalue weighted by Crippen LogP contribution is 2.28. The highest BCUT2D eigenvalue weighted by Gasteiger charge is 2.17. The number of benzene rings is 3. The van der Waals surface area contributed by atoms with Gasteiger partial charge in [0.15, 0.2) is 0 Å². The van der Waals surface area contributed by atoms with Crippen LogP contribution in [0.3, 0.4) is 0 Å². The molecule has 3 aromatic carbocycles. The van der Waals surface area contributed by atoms with Crippen molar-refractivity contribution in [1.82, 2.24) is 9.55 Å². The fourth-order valence-electron chi connectivity index (χ4n) is 4.71. The summed E-state index contributed by atoms with van der Waals surface area (Å²) >= 11 is 5.99. The number of imidazole rings is 1. The van der Waals surface area contributed by atoms with Crippen LogP contribution < -0.4 is 14.2 Å². The molecule has 0 unspecified atom stereocenters. The topological polar surface area (TPSA) is 92.0 Å². The summed E-state index contributed by atoms with van der Waals surface area (Å²) < 4.78 is 25.8. The van der Waals surface area contributed by atoms with E-state index in [9.17, 15) is 4.79 Å². The molecule has 1 fully saturated rings. The van der Waals surface area contributed by atoms with Crippen LogP contribution in [0.15, 0.2) is 60.7 Å². The molecule has 1 aliphatic rings. The number of aryl methyl sites for hydroxylation is 2. The molecule has 1 N–H and O–H groups in total. The third-order valence-corrected chi connectivity index (χ3v) is 7.22. The first-order valence-electron chi connectivity index (χ1n) is 13.5. The summed E-state index contributed by atoms with van der Waals surface area (Å²) in [5.41, 5.74) is 3.71. The lowest BCUT2D eigenvalue weighted by molar-refractivity contribution is -0.136. The molecule has 10 heteroatoms. The van der Waals surface area contributed by atoms with Crippen molar-refractivity contribution >= 4 is 41.0 Å². The van der Waals surface area contributed by atoms with Crippen LogP contribution >= 0.6 is 24.0 Å². The number of carbonyl (C=O) groups is 1. The van der Waals surface area contributed by atoms with Crippen molar-refractivity contribution in [3.8, 4) is 17.2 Å². The van der Waals surface area contributed by atoms with Crippen LogP contribution in [0.5, 0.6) is 17.2 Å². The zero-order valence-corrected chi connectivity index (χ0v) is 24.5. The molecular weight excluding hydrogens is 567 g/mol. The van der Waals surface area contributed by atoms with E-state index in [1.807, 2.05) is 67.7 Å². The highest BCUT2D eigenvalue weighted by molar-refractivity contribution is 6.30. The van der Waals surface area contributed by atoms with E-state index < -0.39 is 5.97 Å². The Labute approximate surface area is 250 Å². The van der Waals surface area contributed by atoms with Gasteiger partial charge in [-0.05, 0) is 47.9 Å². The molecule has 41 heavy (non-hydrogen) atoms. The number of fused-ring (bicyclic) bond motifs is 1. The maximum Gasteiger partial charge on any atom is 0.303 e. The van der Waals surface area contributed by atoms with E-state index in [2.05, 4.69) is 4.57 Å². The number of carboxylic acids is 1. The molecule has 0 radical (unpaired) electrons. The van der Waals surface area contributed by atoms with E-state index in [1.165, 1.54) is 0 Å². The third kappa shape index (κ3) is 8.28. The molecule has 5 rings (SSSR count). The van der Waals surface area contributed by atoms with Gasteiger partial charge in [0.25, 0.3) is 0 Å². The molecule has 4 aromatic rings. The Bertz CT molecular complexity index is 1450. The van der Waals surface area contributed by atoms with Crippen molar-refractivity contribution in [3.63, 3.8) is 0 Å². The summed E-state index contributed by atoms with van der Waals surface area (Å²) in [7, 11) is 2.00. The Kier molecular flexibility index (Phi) is 10.7. The first-order chi connectivity index (χ1) is 19.4. The Morgan fingerprint density at radius 1 is 1.02 bits per heavy atom. The average Bonchev–Trinajstić information content (AvgIpc) is 3.27. The molecule has 1 aromatic heterocycles. The average molecular weight is 602 g/mol. The van der Waals surface area contributed by atoms with Crippen molar-refractivity contribution in [2.24, 2.45) is 7.05 Å². The molecule has 1 aliphatic heterocycles. The van der Waals surface area contributed by atoms with E-state index in [-0.39, 0.29) is 24.9 Å². The largest absolute Gasteiger partial charge is 0.493 e. The molecule has 0 bridgehead atoms. The number of hydrogen-bond acceptors (Lipinski definition) is 6. The van der Waals surface area contributed by atoms with Crippen LogP contribution in [0.4, 0.5) is 0 Å². The minimum atomic E-state index is -0.853. The standard InChI is InChI=1S/C31H33ClN2O6.ClH/c1-34-28-18-26(40-24-12-15-37-16-13-24)9-10-27(28)33-30(34)14-17-38-25-8-4-22(5-11-31(35)36)29(19-25)39-20-21-2-6-23(32)7-3-21;/h2-4,6-10,18-19,24H,5,11-17,20H2,1H3,(H,35,36);1H. The van der Waals surface area contributed by atoms with Crippen LogP contribution in [-0.4, -0.2) is 46.6 Å². The molecule has 1 saturated heterocycles. The van der Waals surface area contributed by atoms with E-state index in [1.54, 1.807) is 0 Å². The summed E-state index contributed by atoms with van der Waals surface area (Å²) in [6, 6.07) is 19.0. The highest BCUT2D eigenvalue weighted by atomic mass is 35.5. The van der Waals surface area contributed by atoms with Gasteiger partial charge in [0.2, 0.25) is 0 Å². The number of halogens is 2. The van der Waals surface area contributed by atoms with Gasteiger partial charge in [-0.3, -0.25) is 4.79 Å². The summed E-state index contributed by atoms with van der Waals surface area (Å²) in [6.07, 6.45) is 2.99. The van der Waals surface area contributed by atoms with Gasteiger partial charge in [-0.15, -0.1) is 12.4 Å². The van der Waals surface area contributed by atoms with Gasteiger partial charge in [-0.25, -0.2) is 4.98 Å². The molecule has 0 atom stereocenters. The minimum absolute atomic E-state index is 0. The number of aliphatic carboxylic acids is 1. The van der Waals surface area contributed by atoms with E-state index in [4.69, 9.17) is 40.6 Å². The van der Waals surface area contributed by atoms with Crippen LogP contribution in [-0.2, 0) is 36.0 Å².